The van der Waals surface area contributed by atoms with Crippen LogP contribution in [0.25, 0.3) is 0 Å². The maximum absolute atomic E-state index is 11.2. The van der Waals surface area contributed by atoms with Crippen molar-refractivity contribution in [3.63, 3.8) is 0 Å². The number of methoxy groups -OCH3 is 1. The first kappa shape index (κ1) is 15.4. The maximum Gasteiger partial charge on any atom is 0.216 e. The van der Waals surface area contributed by atoms with Crippen molar-refractivity contribution >= 4 is 25.1 Å². The van der Waals surface area contributed by atoms with Crippen molar-refractivity contribution in [2.24, 2.45) is 10.2 Å². The zero-order chi connectivity index (χ0) is 15.0. The molecule has 0 aromatic heterocycles. The Hall–Kier alpha value is -2.70. The summed E-state index contributed by atoms with van der Waals surface area (Å²) in [5.41, 5.74) is -1.68. The van der Waals surface area contributed by atoms with Crippen molar-refractivity contribution in [1.29, 1.82) is 0 Å². The number of hydrogen-bond donors (Lipinski definition) is 0. The standard InChI is InChI=1S/C13H12N2O5/c1-20-12-4-2-3-10(5-12)13(8-18,9-19)15-14-11(6-16)7-17/h2-9,11H,1H3. The van der Waals surface area contributed by atoms with Crippen LogP contribution < -0.4 is 4.74 Å². The molecule has 0 saturated carbocycles. The molecule has 1 rings (SSSR count). The second kappa shape index (κ2) is 7.03. The molecule has 20 heavy (non-hydrogen) atoms. The quantitative estimate of drug-likeness (QED) is 0.391. The van der Waals surface area contributed by atoms with Crippen LogP contribution in [-0.4, -0.2) is 38.3 Å². The molecule has 0 spiro atoms. The first-order valence-corrected chi connectivity index (χ1v) is 5.55. The van der Waals surface area contributed by atoms with Crippen molar-refractivity contribution in [3.05, 3.63) is 29.8 Å². The van der Waals surface area contributed by atoms with Crippen molar-refractivity contribution < 1.29 is 23.9 Å². The molecular weight excluding hydrogens is 264 g/mol. The highest BCUT2D eigenvalue weighted by molar-refractivity contribution is 5.91. The lowest BCUT2D eigenvalue weighted by molar-refractivity contribution is -0.122. The minimum atomic E-state index is -1.90. The Morgan fingerprint density at radius 1 is 1.15 bits per heavy atom. The Kier molecular flexibility index (Phi) is 5.40. The van der Waals surface area contributed by atoms with Gasteiger partial charge in [-0.15, -0.1) is 0 Å². The van der Waals surface area contributed by atoms with Crippen LogP contribution in [0.4, 0.5) is 0 Å². The van der Waals surface area contributed by atoms with Gasteiger partial charge in [0.25, 0.3) is 0 Å². The minimum Gasteiger partial charge on any atom is -0.497 e. The third-order valence-corrected chi connectivity index (χ3v) is 2.53. The van der Waals surface area contributed by atoms with Gasteiger partial charge in [-0.3, -0.25) is 9.59 Å². The highest BCUT2D eigenvalue weighted by atomic mass is 16.5. The molecule has 0 aliphatic carbocycles. The van der Waals surface area contributed by atoms with Gasteiger partial charge in [-0.2, -0.15) is 10.2 Å². The monoisotopic (exact) mass is 276 g/mol. The van der Waals surface area contributed by atoms with Crippen LogP contribution >= 0.6 is 0 Å². The zero-order valence-electron chi connectivity index (χ0n) is 10.6. The second-order valence-electron chi connectivity index (χ2n) is 3.77. The number of benzene rings is 1. The second-order valence-corrected chi connectivity index (χ2v) is 3.77. The molecule has 0 amide bonds. The number of carbonyl (C=O) groups is 4. The van der Waals surface area contributed by atoms with Gasteiger partial charge in [0.1, 0.15) is 5.75 Å². The van der Waals surface area contributed by atoms with Crippen molar-refractivity contribution in [2.75, 3.05) is 7.11 Å². The van der Waals surface area contributed by atoms with Gasteiger partial charge in [0, 0.05) is 0 Å². The Morgan fingerprint density at radius 2 is 1.80 bits per heavy atom. The predicted molar refractivity (Wildman–Crippen MR) is 67.6 cm³/mol. The first-order valence-electron chi connectivity index (χ1n) is 5.55. The van der Waals surface area contributed by atoms with Gasteiger partial charge in [0.15, 0.2) is 31.2 Å². The van der Waals surface area contributed by atoms with Gasteiger partial charge in [0.05, 0.1) is 7.11 Å². The largest absolute Gasteiger partial charge is 0.497 e. The van der Waals surface area contributed by atoms with E-state index < -0.39 is 11.6 Å². The highest BCUT2D eigenvalue weighted by Gasteiger charge is 2.32. The summed E-state index contributed by atoms with van der Waals surface area (Å²) in [6, 6.07) is 4.78. The maximum atomic E-state index is 11.2. The lowest BCUT2D eigenvalue weighted by Crippen LogP contribution is -2.27. The Morgan fingerprint density at radius 3 is 2.30 bits per heavy atom. The number of hydrogen-bond acceptors (Lipinski definition) is 7. The van der Waals surface area contributed by atoms with E-state index in [2.05, 4.69) is 10.2 Å². The fourth-order valence-electron chi connectivity index (χ4n) is 1.39. The van der Waals surface area contributed by atoms with Crippen LogP contribution in [-0.2, 0) is 24.7 Å². The molecular formula is C13H12N2O5. The Bertz CT molecular complexity index is 525. The molecule has 0 fully saturated rings. The van der Waals surface area contributed by atoms with E-state index in [9.17, 15) is 19.2 Å². The van der Waals surface area contributed by atoms with Crippen molar-refractivity contribution in [2.45, 2.75) is 11.6 Å². The van der Waals surface area contributed by atoms with Gasteiger partial charge in [-0.05, 0) is 17.7 Å². The highest BCUT2D eigenvalue weighted by Crippen LogP contribution is 2.25. The molecule has 0 unspecified atom stereocenters. The summed E-state index contributed by atoms with van der Waals surface area (Å²) in [6.45, 7) is 0. The van der Waals surface area contributed by atoms with E-state index >= 15 is 0 Å². The lowest BCUT2D eigenvalue weighted by Gasteiger charge is -2.16. The number of carbonyl (C=O) groups excluding carboxylic acids is 4. The molecule has 0 radical (unpaired) electrons. The van der Waals surface area contributed by atoms with E-state index in [1.54, 1.807) is 12.1 Å². The lowest BCUT2D eigenvalue weighted by atomic mass is 9.94. The smallest absolute Gasteiger partial charge is 0.216 e. The average molecular weight is 276 g/mol. The van der Waals surface area contributed by atoms with Crippen LogP contribution in [0.1, 0.15) is 5.56 Å². The molecule has 0 atom stereocenters. The number of nitrogens with zero attached hydrogens (tertiary/aromatic N) is 2. The molecule has 0 N–H and O–H groups in total. The Balaban J connectivity index is 3.26. The molecule has 0 aliphatic rings. The number of aldehydes is 4. The van der Waals surface area contributed by atoms with Crippen LogP contribution in [0, 0.1) is 0 Å². The first-order chi connectivity index (χ1) is 9.65. The Labute approximate surface area is 114 Å². The van der Waals surface area contributed by atoms with Crippen LogP contribution in [0.15, 0.2) is 34.5 Å². The van der Waals surface area contributed by atoms with E-state index in [0.717, 1.165) is 0 Å². The van der Waals surface area contributed by atoms with Crippen LogP contribution in [0.5, 0.6) is 5.75 Å². The van der Waals surface area contributed by atoms with Gasteiger partial charge in [-0.1, -0.05) is 12.1 Å². The summed E-state index contributed by atoms with van der Waals surface area (Å²) in [5.74, 6) is 0.424. The molecule has 7 heteroatoms. The molecule has 0 saturated heterocycles. The molecule has 0 bridgehead atoms. The number of ether oxygens (including phenoxy) is 1. The molecule has 1 aromatic rings. The van der Waals surface area contributed by atoms with Crippen LogP contribution in [0.2, 0.25) is 0 Å². The van der Waals surface area contributed by atoms with Gasteiger partial charge < -0.3 is 14.3 Å². The average Bonchev–Trinajstić information content (AvgIpc) is 2.52. The van der Waals surface area contributed by atoms with Crippen molar-refractivity contribution in [3.8, 4) is 5.75 Å². The predicted octanol–water partition coefficient (Wildman–Crippen LogP) is 0.507. The molecule has 7 nitrogen and oxygen atoms in total. The third-order valence-electron chi connectivity index (χ3n) is 2.53. The zero-order valence-corrected chi connectivity index (χ0v) is 10.6. The van der Waals surface area contributed by atoms with E-state index in [-0.39, 0.29) is 30.7 Å². The SMILES string of the molecule is COc1cccc(C(C=O)(C=O)N=NC(C=O)C=O)c1. The van der Waals surface area contributed by atoms with E-state index in [1.165, 1.54) is 19.2 Å². The summed E-state index contributed by atoms with van der Waals surface area (Å²) in [7, 11) is 1.43. The summed E-state index contributed by atoms with van der Waals surface area (Å²) in [4.78, 5) is 43.5. The molecule has 1 aromatic carbocycles. The van der Waals surface area contributed by atoms with Crippen LogP contribution in [0.3, 0.4) is 0 Å². The topological polar surface area (TPSA) is 102 Å². The van der Waals surface area contributed by atoms with Gasteiger partial charge >= 0.3 is 0 Å². The minimum absolute atomic E-state index is 0.223. The van der Waals surface area contributed by atoms with Gasteiger partial charge in [-0.25, -0.2) is 0 Å². The fourth-order valence-corrected chi connectivity index (χ4v) is 1.39. The van der Waals surface area contributed by atoms with Crippen molar-refractivity contribution in [1.82, 2.24) is 0 Å². The van der Waals surface area contributed by atoms with E-state index in [4.69, 9.17) is 4.74 Å². The molecule has 0 heterocycles. The number of azo groups is 1. The fraction of sp³-hybridized carbons (Fsp3) is 0.231. The van der Waals surface area contributed by atoms with E-state index in [1.807, 2.05) is 0 Å². The normalized spacial score (nSPS) is 11.3. The number of rotatable bonds is 8. The van der Waals surface area contributed by atoms with Gasteiger partial charge in [0.2, 0.25) is 5.54 Å². The van der Waals surface area contributed by atoms with E-state index in [0.29, 0.717) is 5.75 Å². The summed E-state index contributed by atoms with van der Waals surface area (Å²) >= 11 is 0. The summed E-state index contributed by atoms with van der Waals surface area (Å²) < 4.78 is 4.99. The summed E-state index contributed by atoms with van der Waals surface area (Å²) in [6.07, 6.45) is 1.07. The third kappa shape index (κ3) is 3.19. The molecule has 104 valence electrons. The summed E-state index contributed by atoms with van der Waals surface area (Å²) in [5, 5.41) is 6.94. The molecule has 0 aliphatic heterocycles.